The quantitative estimate of drug-likeness (QED) is 0.280. The van der Waals surface area contributed by atoms with Gasteiger partial charge < -0.3 is 4.74 Å². The first kappa shape index (κ1) is 10.0. The molecule has 0 amide bonds. The number of ether oxygens (including phenoxy) is 1. The van der Waals surface area contributed by atoms with Crippen LogP contribution in [0.15, 0.2) is 17.1 Å². The number of hydrogen-bond donors (Lipinski definition) is 0. The van der Waals surface area contributed by atoms with Crippen LogP contribution in [0.5, 0.6) is 0 Å². The lowest BCUT2D eigenvalue weighted by atomic mass is 10.4. The highest BCUT2D eigenvalue weighted by molar-refractivity contribution is 7.78. The molecule has 0 aromatic rings. The van der Waals surface area contributed by atoms with Crippen molar-refractivity contribution in [3.05, 3.63) is 18.4 Å². The molecular weight excluding hydrogens is 162 g/mol. The van der Waals surface area contributed by atoms with E-state index in [-0.39, 0.29) is 6.23 Å². The van der Waals surface area contributed by atoms with Gasteiger partial charge >= 0.3 is 5.97 Å². The van der Waals surface area contributed by atoms with Crippen LogP contribution in [0.3, 0.4) is 0 Å². The zero-order valence-corrected chi connectivity index (χ0v) is 7.20. The summed E-state index contributed by atoms with van der Waals surface area (Å²) in [5.41, 5.74) is 0.323. The first-order valence-corrected chi connectivity index (χ1v) is 3.28. The van der Waals surface area contributed by atoms with Gasteiger partial charge in [-0.15, -0.1) is 0 Å². The molecule has 0 aliphatic heterocycles. The van der Waals surface area contributed by atoms with Crippen molar-refractivity contribution in [1.29, 1.82) is 0 Å². The van der Waals surface area contributed by atoms with E-state index in [4.69, 9.17) is 0 Å². The van der Waals surface area contributed by atoms with E-state index in [1.807, 2.05) is 0 Å². The number of thiocarbonyl (C=S) groups is 1. The number of nitrogens with zero attached hydrogens (tertiary/aromatic N) is 1. The van der Waals surface area contributed by atoms with E-state index >= 15 is 0 Å². The molecule has 0 aliphatic carbocycles. The standard InChI is InChI=1S/C7H8NO2S/c1-5(2)7(9)10-6(3)8-4-11/h1H2,2-3H3. The first-order chi connectivity index (χ1) is 5.07. The zero-order valence-electron chi connectivity index (χ0n) is 6.38. The third-order valence-electron chi connectivity index (χ3n) is 0.792. The molecule has 59 valence electrons. The van der Waals surface area contributed by atoms with Crippen LogP contribution in [-0.2, 0) is 9.53 Å². The van der Waals surface area contributed by atoms with Crippen molar-refractivity contribution in [2.24, 2.45) is 4.99 Å². The maximum absolute atomic E-state index is 10.8. The minimum Gasteiger partial charge on any atom is -0.427 e. The molecule has 0 atom stereocenters. The van der Waals surface area contributed by atoms with Gasteiger partial charge in [0.2, 0.25) is 0 Å². The van der Waals surface area contributed by atoms with Crippen LogP contribution in [0.4, 0.5) is 0 Å². The maximum Gasteiger partial charge on any atom is 0.335 e. The Bertz CT molecular complexity index is 218. The van der Waals surface area contributed by atoms with Crippen LogP contribution < -0.4 is 0 Å². The second-order valence-corrected chi connectivity index (χ2v) is 2.07. The summed E-state index contributed by atoms with van der Waals surface area (Å²) in [6, 6.07) is 0. The lowest BCUT2D eigenvalue weighted by Gasteiger charge is -2.03. The van der Waals surface area contributed by atoms with Gasteiger partial charge in [0.1, 0.15) is 0 Å². The average Bonchev–Trinajstić information content (AvgIpc) is 1.87. The Balaban J connectivity index is 3.94. The van der Waals surface area contributed by atoms with E-state index in [0.717, 1.165) is 0 Å². The van der Waals surface area contributed by atoms with Crippen molar-refractivity contribution < 1.29 is 9.53 Å². The van der Waals surface area contributed by atoms with Gasteiger partial charge in [-0.1, -0.05) is 6.58 Å². The van der Waals surface area contributed by atoms with Crippen molar-refractivity contribution in [2.45, 2.75) is 13.8 Å². The number of isothiocyanates is 1. The summed E-state index contributed by atoms with van der Waals surface area (Å²) in [4.78, 5) is 14.2. The molecule has 0 aromatic carbocycles. The molecule has 0 spiro atoms. The number of carbonyl (C=O) groups is 1. The molecule has 0 aliphatic rings. The average molecular weight is 170 g/mol. The molecule has 1 radical (unpaired) electrons. The third kappa shape index (κ3) is 4.42. The third-order valence-corrected chi connectivity index (χ3v) is 0.883. The van der Waals surface area contributed by atoms with Gasteiger partial charge in [-0.05, 0) is 19.1 Å². The second kappa shape index (κ2) is 4.77. The summed E-state index contributed by atoms with van der Waals surface area (Å²) >= 11 is 4.30. The topological polar surface area (TPSA) is 38.7 Å². The van der Waals surface area contributed by atoms with Gasteiger partial charge in [0.15, 0.2) is 0 Å². The molecule has 0 saturated heterocycles. The predicted molar refractivity (Wildman–Crippen MR) is 44.8 cm³/mol. The number of rotatable bonds is 3. The van der Waals surface area contributed by atoms with Gasteiger partial charge in [-0.3, -0.25) is 0 Å². The highest BCUT2D eigenvalue weighted by Gasteiger charge is 2.08. The molecule has 4 heteroatoms. The predicted octanol–water partition coefficient (Wildman–Crippen LogP) is 1.72. The van der Waals surface area contributed by atoms with Gasteiger partial charge in [0.25, 0.3) is 6.23 Å². The Kier molecular flexibility index (Phi) is 4.34. The van der Waals surface area contributed by atoms with E-state index < -0.39 is 5.97 Å². The monoisotopic (exact) mass is 170 g/mol. The lowest BCUT2D eigenvalue weighted by Crippen LogP contribution is -2.06. The Hall–Kier alpha value is -0.990. The SMILES string of the molecule is C=C(C)C(=O)O[C](C)N=C=S. The molecule has 0 rings (SSSR count). The fraction of sp³-hybridized carbons (Fsp3) is 0.286. The van der Waals surface area contributed by atoms with E-state index in [1.54, 1.807) is 6.92 Å². The first-order valence-electron chi connectivity index (χ1n) is 2.87. The highest BCUT2D eigenvalue weighted by Crippen LogP contribution is 2.04. The number of hydrogen-bond acceptors (Lipinski definition) is 4. The van der Waals surface area contributed by atoms with Crippen LogP contribution in [-0.4, -0.2) is 11.1 Å². The Morgan fingerprint density at radius 2 is 2.18 bits per heavy atom. The summed E-state index contributed by atoms with van der Waals surface area (Å²) in [6.07, 6.45) is 0.174. The van der Waals surface area contributed by atoms with Crippen LogP contribution in [0.25, 0.3) is 0 Å². The van der Waals surface area contributed by atoms with Crippen LogP contribution in [0.1, 0.15) is 13.8 Å². The molecule has 0 unspecified atom stereocenters. The van der Waals surface area contributed by atoms with Crippen LogP contribution in [0.2, 0.25) is 0 Å². The smallest absolute Gasteiger partial charge is 0.335 e. The fourth-order valence-electron chi connectivity index (χ4n) is 0.308. The van der Waals surface area contributed by atoms with E-state index in [2.05, 4.69) is 33.7 Å². The van der Waals surface area contributed by atoms with E-state index in [1.165, 1.54) is 6.92 Å². The second-order valence-electron chi connectivity index (χ2n) is 1.89. The van der Waals surface area contributed by atoms with Gasteiger partial charge in [0, 0.05) is 12.5 Å². The molecule has 0 N–H and O–H groups in total. The van der Waals surface area contributed by atoms with Gasteiger partial charge in [0.05, 0.1) is 5.16 Å². The number of carbonyl (C=O) groups excluding carboxylic acids is 1. The number of aliphatic imine (C=N–C) groups is 1. The zero-order chi connectivity index (χ0) is 8.85. The minimum atomic E-state index is -0.503. The Labute approximate surface area is 70.8 Å². The summed E-state index contributed by atoms with van der Waals surface area (Å²) in [5, 5.41) is 2.08. The molecule has 0 heterocycles. The van der Waals surface area contributed by atoms with Crippen LogP contribution in [0, 0.1) is 6.23 Å². The van der Waals surface area contributed by atoms with Crippen molar-refractivity contribution in [1.82, 2.24) is 0 Å². The molecule has 3 nitrogen and oxygen atoms in total. The summed E-state index contributed by atoms with van der Waals surface area (Å²) in [6.45, 7) is 6.46. The summed E-state index contributed by atoms with van der Waals surface area (Å²) in [7, 11) is 0. The normalized spacial score (nSPS) is 8.64. The minimum absolute atomic E-state index is 0.174. The highest BCUT2D eigenvalue weighted by atomic mass is 32.1. The summed E-state index contributed by atoms with van der Waals surface area (Å²) < 4.78 is 4.63. The van der Waals surface area contributed by atoms with Crippen molar-refractivity contribution in [2.75, 3.05) is 0 Å². The molecule has 0 saturated carbocycles. The van der Waals surface area contributed by atoms with E-state index in [0.29, 0.717) is 5.57 Å². The maximum atomic E-state index is 10.8. The van der Waals surface area contributed by atoms with Gasteiger partial charge in [-0.25, -0.2) is 4.79 Å². The molecule has 0 bridgehead atoms. The molecule has 0 fully saturated rings. The van der Waals surface area contributed by atoms with Crippen molar-refractivity contribution in [3.63, 3.8) is 0 Å². The van der Waals surface area contributed by atoms with Crippen molar-refractivity contribution in [3.8, 4) is 0 Å². The van der Waals surface area contributed by atoms with E-state index in [9.17, 15) is 4.79 Å². The Morgan fingerprint density at radius 3 is 2.55 bits per heavy atom. The van der Waals surface area contributed by atoms with Crippen LogP contribution >= 0.6 is 12.2 Å². The Morgan fingerprint density at radius 1 is 1.64 bits per heavy atom. The van der Waals surface area contributed by atoms with Crippen molar-refractivity contribution >= 4 is 23.3 Å². The summed E-state index contributed by atoms with van der Waals surface area (Å²) in [5.74, 6) is -0.503. The number of esters is 1. The molecular formula is C7H8NO2S. The fourth-order valence-corrected chi connectivity index (χ4v) is 0.437. The lowest BCUT2D eigenvalue weighted by molar-refractivity contribution is -0.137. The molecule has 11 heavy (non-hydrogen) atoms. The molecule has 0 aromatic heterocycles. The largest absolute Gasteiger partial charge is 0.427 e. The van der Waals surface area contributed by atoms with Gasteiger partial charge in [-0.2, -0.15) is 4.99 Å².